The van der Waals surface area contributed by atoms with E-state index < -0.39 is 6.10 Å². The fraction of sp³-hybridized carbons (Fsp3) is 0.263. The number of nitrogens with zero attached hydrogens (tertiary/aromatic N) is 2. The summed E-state index contributed by atoms with van der Waals surface area (Å²) >= 11 is 5.94. The summed E-state index contributed by atoms with van der Waals surface area (Å²) in [5, 5.41) is 18.2. The van der Waals surface area contributed by atoms with Crippen LogP contribution in [0.25, 0.3) is 0 Å². The average molecular weight is 342 g/mol. The van der Waals surface area contributed by atoms with Crippen molar-refractivity contribution in [1.29, 1.82) is 0 Å². The van der Waals surface area contributed by atoms with E-state index in [4.69, 9.17) is 11.6 Å². The van der Waals surface area contributed by atoms with Gasteiger partial charge in [-0.1, -0.05) is 54.1 Å². The smallest absolute Gasteiger partial charge is 0.137 e. The Balaban J connectivity index is 1.73. The van der Waals surface area contributed by atoms with Crippen LogP contribution in [0.4, 0.5) is 0 Å². The molecule has 0 radical (unpaired) electrons. The van der Waals surface area contributed by atoms with Crippen molar-refractivity contribution in [3.05, 3.63) is 82.9 Å². The van der Waals surface area contributed by atoms with Crippen LogP contribution in [-0.4, -0.2) is 26.4 Å². The number of halogens is 1. The fourth-order valence-electron chi connectivity index (χ4n) is 2.92. The van der Waals surface area contributed by atoms with Gasteiger partial charge in [0, 0.05) is 17.4 Å². The first-order valence-electron chi connectivity index (χ1n) is 8.04. The number of hydrogen-bond acceptors (Lipinski definition) is 3. The number of nitrogens with one attached hydrogen (secondary N) is 1. The molecule has 1 aromatic heterocycles. The van der Waals surface area contributed by atoms with Crippen LogP contribution >= 0.6 is 11.6 Å². The van der Waals surface area contributed by atoms with E-state index in [1.165, 1.54) is 11.9 Å². The Hall–Kier alpha value is -2.17. The maximum atomic E-state index is 10.7. The van der Waals surface area contributed by atoms with E-state index in [0.29, 0.717) is 12.2 Å². The van der Waals surface area contributed by atoms with Crippen LogP contribution in [0.1, 0.15) is 29.3 Å². The lowest BCUT2D eigenvalue weighted by molar-refractivity contribution is 0.136. The van der Waals surface area contributed by atoms with Gasteiger partial charge in [0.2, 0.25) is 0 Å². The third-order valence-electron chi connectivity index (χ3n) is 4.22. The van der Waals surface area contributed by atoms with Gasteiger partial charge in [-0.05, 0) is 36.1 Å². The molecule has 24 heavy (non-hydrogen) atoms. The van der Waals surface area contributed by atoms with Crippen molar-refractivity contribution in [2.45, 2.75) is 31.3 Å². The van der Waals surface area contributed by atoms with E-state index in [2.05, 4.69) is 27.3 Å². The van der Waals surface area contributed by atoms with Gasteiger partial charge < -0.3 is 5.11 Å². The maximum absolute atomic E-state index is 10.7. The number of aryl methyl sites for hydroxylation is 1. The highest BCUT2D eigenvalue weighted by Gasteiger charge is 2.22. The van der Waals surface area contributed by atoms with Crippen LogP contribution in [0.5, 0.6) is 0 Å². The summed E-state index contributed by atoms with van der Waals surface area (Å²) in [5.41, 5.74) is 2.35. The van der Waals surface area contributed by atoms with Gasteiger partial charge >= 0.3 is 0 Å². The topological polar surface area (TPSA) is 61.8 Å². The van der Waals surface area contributed by atoms with Gasteiger partial charge in [-0.3, -0.25) is 5.10 Å². The van der Waals surface area contributed by atoms with Gasteiger partial charge in [-0.2, -0.15) is 5.10 Å². The molecule has 3 aromatic rings. The molecule has 0 aliphatic carbocycles. The normalized spacial score (nSPS) is 13.6. The summed E-state index contributed by atoms with van der Waals surface area (Å²) in [6.45, 7) is 0. The largest absolute Gasteiger partial charge is 0.392 e. The molecule has 0 bridgehead atoms. The van der Waals surface area contributed by atoms with Crippen molar-refractivity contribution >= 4 is 11.6 Å². The molecule has 0 aliphatic heterocycles. The van der Waals surface area contributed by atoms with Gasteiger partial charge in [0.25, 0.3) is 0 Å². The molecule has 0 fully saturated rings. The molecule has 2 N–H and O–H groups in total. The summed E-state index contributed by atoms with van der Waals surface area (Å²) in [7, 11) is 0. The average Bonchev–Trinajstić information content (AvgIpc) is 3.11. The van der Waals surface area contributed by atoms with E-state index in [1.54, 1.807) is 0 Å². The lowest BCUT2D eigenvalue weighted by atomic mass is 9.86. The van der Waals surface area contributed by atoms with Gasteiger partial charge in [0.15, 0.2) is 0 Å². The van der Waals surface area contributed by atoms with Crippen molar-refractivity contribution in [2.24, 2.45) is 0 Å². The number of hydrogen-bond donors (Lipinski definition) is 2. The zero-order valence-electron chi connectivity index (χ0n) is 13.3. The number of H-pyrrole nitrogens is 1. The third-order valence-corrected chi connectivity index (χ3v) is 4.47. The molecule has 1 heterocycles. The highest BCUT2D eigenvalue weighted by Crippen LogP contribution is 2.27. The second-order valence-electron chi connectivity index (χ2n) is 5.89. The molecular weight excluding hydrogens is 322 g/mol. The van der Waals surface area contributed by atoms with Crippen LogP contribution in [0, 0.1) is 0 Å². The highest BCUT2D eigenvalue weighted by atomic mass is 35.5. The summed E-state index contributed by atoms with van der Waals surface area (Å²) < 4.78 is 0. The van der Waals surface area contributed by atoms with Crippen LogP contribution < -0.4 is 0 Å². The first-order valence-corrected chi connectivity index (χ1v) is 8.42. The van der Waals surface area contributed by atoms with Gasteiger partial charge in [0.1, 0.15) is 12.2 Å². The summed E-state index contributed by atoms with van der Waals surface area (Å²) in [5.74, 6) is 0.738. The summed E-state index contributed by atoms with van der Waals surface area (Å²) in [6, 6.07) is 18.0. The zero-order chi connectivity index (χ0) is 16.8. The molecule has 0 spiro atoms. The third kappa shape index (κ3) is 4.43. The molecule has 0 aliphatic rings. The van der Waals surface area contributed by atoms with E-state index >= 15 is 0 Å². The molecule has 2 atom stereocenters. The first-order chi connectivity index (χ1) is 11.7. The number of benzene rings is 2. The SMILES string of the molecule is OC(Cc1ncn[nH]1)C(CCc1ccc(Cl)cc1)c1ccccc1. The highest BCUT2D eigenvalue weighted by molar-refractivity contribution is 6.30. The predicted molar refractivity (Wildman–Crippen MR) is 95.0 cm³/mol. The second kappa shape index (κ2) is 8.08. The lowest BCUT2D eigenvalue weighted by Crippen LogP contribution is -2.22. The van der Waals surface area contributed by atoms with E-state index in [1.807, 2.05) is 42.5 Å². The van der Waals surface area contributed by atoms with Crippen molar-refractivity contribution in [3.63, 3.8) is 0 Å². The second-order valence-corrected chi connectivity index (χ2v) is 6.32. The standard InChI is InChI=1S/C19H20ClN3O/c20-16-9-6-14(7-10-16)8-11-17(15-4-2-1-3-5-15)18(24)12-19-21-13-22-23-19/h1-7,9-10,13,17-18,24H,8,11-12H2,(H,21,22,23). The predicted octanol–water partition coefficient (Wildman–Crippen LogP) is 3.78. The Kier molecular flexibility index (Phi) is 5.62. The minimum Gasteiger partial charge on any atom is -0.392 e. The molecule has 2 unspecified atom stereocenters. The Morgan fingerprint density at radius 1 is 1.04 bits per heavy atom. The Labute approximate surface area is 146 Å². The van der Waals surface area contributed by atoms with E-state index in [-0.39, 0.29) is 5.92 Å². The Morgan fingerprint density at radius 3 is 2.46 bits per heavy atom. The van der Waals surface area contributed by atoms with Gasteiger partial charge in [-0.15, -0.1) is 0 Å². The molecule has 3 rings (SSSR count). The molecule has 2 aromatic carbocycles. The van der Waals surface area contributed by atoms with E-state index in [0.717, 1.165) is 23.4 Å². The Bertz CT molecular complexity index is 729. The number of aliphatic hydroxyl groups excluding tert-OH is 1. The molecule has 4 nitrogen and oxygen atoms in total. The van der Waals surface area contributed by atoms with Crippen molar-refractivity contribution in [3.8, 4) is 0 Å². The number of aromatic nitrogens is 3. The molecule has 0 saturated carbocycles. The van der Waals surface area contributed by atoms with E-state index in [9.17, 15) is 5.11 Å². The minimum absolute atomic E-state index is 0.0342. The first kappa shape index (κ1) is 16.7. The van der Waals surface area contributed by atoms with Gasteiger partial charge in [0.05, 0.1) is 6.10 Å². The number of aliphatic hydroxyl groups is 1. The Morgan fingerprint density at radius 2 is 1.79 bits per heavy atom. The van der Waals surface area contributed by atoms with Crippen molar-refractivity contribution < 1.29 is 5.11 Å². The zero-order valence-corrected chi connectivity index (χ0v) is 14.0. The molecular formula is C19H20ClN3O. The number of rotatable bonds is 7. The monoisotopic (exact) mass is 341 g/mol. The quantitative estimate of drug-likeness (QED) is 0.687. The maximum Gasteiger partial charge on any atom is 0.137 e. The number of aromatic amines is 1. The molecule has 0 amide bonds. The van der Waals surface area contributed by atoms with Crippen LogP contribution in [-0.2, 0) is 12.8 Å². The van der Waals surface area contributed by atoms with Crippen molar-refractivity contribution in [1.82, 2.24) is 15.2 Å². The molecule has 124 valence electrons. The fourth-order valence-corrected chi connectivity index (χ4v) is 3.05. The van der Waals surface area contributed by atoms with Crippen LogP contribution in [0.2, 0.25) is 5.02 Å². The summed E-state index contributed by atoms with van der Waals surface area (Å²) in [6.07, 6.45) is 3.13. The van der Waals surface area contributed by atoms with Gasteiger partial charge in [-0.25, -0.2) is 4.98 Å². The van der Waals surface area contributed by atoms with Crippen LogP contribution in [0.15, 0.2) is 60.9 Å². The lowest BCUT2D eigenvalue weighted by Gasteiger charge is -2.23. The minimum atomic E-state index is -0.521. The van der Waals surface area contributed by atoms with Crippen molar-refractivity contribution in [2.75, 3.05) is 0 Å². The van der Waals surface area contributed by atoms with Crippen LogP contribution in [0.3, 0.4) is 0 Å². The molecule has 0 saturated heterocycles. The summed E-state index contributed by atoms with van der Waals surface area (Å²) in [4.78, 5) is 4.12. The molecule has 5 heteroatoms.